The molecular formula is C25H33N5O3. The van der Waals surface area contributed by atoms with Gasteiger partial charge in [-0.05, 0) is 50.2 Å². The average Bonchev–Trinajstić information content (AvgIpc) is 2.83. The van der Waals surface area contributed by atoms with Crippen LogP contribution >= 0.6 is 0 Å². The summed E-state index contributed by atoms with van der Waals surface area (Å²) in [5, 5.41) is 16.6. The fourth-order valence-corrected chi connectivity index (χ4v) is 4.79. The maximum absolute atomic E-state index is 12.6. The Bertz CT molecular complexity index is 974. The van der Waals surface area contributed by atoms with Crippen LogP contribution in [0.1, 0.15) is 54.2 Å². The van der Waals surface area contributed by atoms with Crippen LogP contribution in [0.3, 0.4) is 0 Å². The minimum Gasteiger partial charge on any atom is -0.390 e. The number of carbonyl (C=O) groups is 2. The van der Waals surface area contributed by atoms with Gasteiger partial charge >= 0.3 is 0 Å². The van der Waals surface area contributed by atoms with Crippen LogP contribution in [0.5, 0.6) is 0 Å². The summed E-state index contributed by atoms with van der Waals surface area (Å²) in [6, 6.07) is 10.3. The molecule has 3 N–H and O–H groups in total. The minimum atomic E-state index is -0.657. The molecule has 1 aliphatic carbocycles. The topological polar surface area (TPSA) is 107 Å². The van der Waals surface area contributed by atoms with Crippen LogP contribution in [0.15, 0.2) is 36.7 Å². The van der Waals surface area contributed by atoms with Gasteiger partial charge in [0, 0.05) is 44.2 Å². The lowest BCUT2D eigenvalue weighted by Crippen LogP contribution is -2.42. The Morgan fingerprint density at radius 3 is 2.67 bits per heavy atom. The molecule has 0 saturated heterocycles. The molecule has 1 aliphatic heterocycles. The predicted molar refractivity (Wildman–Crippen MR) is 126 cm³/mol. The van der Waals surface area contributed by atoms with Gasteiger partial charge in [-0.15, -0.1) is 0 Å². The van der Waals surface area contributed by atoms with E-state index in [4.69, 9.17) is 0 Å². The number of aliphatic hydroxyl groups is 1. The van der Waals surface area contributed by atoms with Crippen molar-refractivity contribution in [1.82, 2.24) is 20.2 Å². The summed E-state index contributed by atoms with van der Waals surface area (Å²) in [4.78, 5) is 34.7. The van der Waals surface area contributed by atoms with Crippen molar-refractivity contribution in [2.24, 2.45) is 5.92 Å². The molecule has 176 valence electrons. The fraction of sp³-hybridized carbons (Fsp3) is 0.520. The van der Waals surface area contributed by atoms with Gasteiger partial charge in [0.2, 0.25) is 0 Å². The molecule has 8 heteroatoms. The molecule has 2 heterocycles. The number of ketones is 1. The number of aromatic nitrogens is 2. The molecule has 1 fully saturated rings. The van der Waals surface area contributed by atoms with Crippen molar-refractivity contribution in [2.45, 2.75) is 57.7 Å². The molecule has 0 radical (unpaired) electrons. The average molecular weight is 452 g/mol. The minimum absolute atomic E-state index is 0.165. The van der Waals surface area contributed by atoms with E-state index in [0.29, 0.717) is 12.4 Å². The largest absolute Gasteiger partial charge is 0.390 e. The third kappa shape index (κ3) is 6.36. The summed E-state index contributed by atoms with van der Waals surface area (Å²) in [6.45, 7) is 4.05. The van der Waals surface area contributed by atoms with Gasteiger partial charge in [0.15, 0.2) is 0 Å². The van der Waals surface area contributed by atoms with Crippen LogP contribution in [0.2, 0.25) is 0 Å². The second-order valence-electron chi connectivity index (χ2n) is 9.21. The maximum atomic E-state index is 12.6. The fourth-order valence-electron chi connectivity index (χ4n) is 4.79. The van der Waals surface area contributed by atoms with Crippen molar-refractivity contribution in [3.63, 3.8) is 0 Å². The number of hydrogen-bond acceptors (Lipinski definition) is 7. The monoisotopic (exact) mass is 451 g/mol. The van der Waals surface area contributed by atoms with Gasteiger partial charge in [-0.25, -0.2) is 9.97 Å². The number of anilines is 1. The van der Waals surface area contributed by atoms with Crippen LogP contribution in [0, 0.1) is 5.92 Å². The van der Waals surface area contributed by atoms with E-state index in [1.807, 2.05) is 6.07 Å². The van der Waals surface area contributed by atoms with E-state index in [1.54, 1.807) is 13.0 Å². The lowest BCUT2D eigenvalue weighted by Gasteiger charge is -2.30. The Balaban J connectivity index is 1.23. The molecule has 1 aromatic carbocycles. The lowest BCUT2D eigenvalue weighted by atomic mass is 9.84. The first-order valence-corrected chi connectivity index (χ1v) is 11.8. The van der Waals surface area contributed by atoms with E-state index in [-0.39, 0.29) is 35.9 Å². The smallest absolute Gasteiger partial charge is 0.270 e. The first-order valence-electron chi connectivity index (χ1n) is 11.8. The summed E-state index contributed by atoms with van der Waals surface area (Å²) in [7, 11) is 0. The molecule has 2 aliphatic rings. The predicted octanol–water partition coefficient (Wildman–Crippen LogP) is 2.19. The van der Waals surface area contributed by atoms with Crippen molar-refractivity contribution in [3.8, 4) is 0 Å². The molecule has 4 rings (SSSR count). The zero-order valence-corrected chi connectivity index (χ0v) is 19.2. The van der Waals surface area contributed by atoms with Crippen molar-refractivity contribution in [3.05, 3.63) is 53.5 Å². The molecule has 8 nitrogen and oxygen atoms in total. The van der Waals surface area contributed by atoms with Crippen molar-refractivity contribution in [2.75, 3.05) is 25.0 Å². The zero-order chi connectivity index (χ0) is 23.2. The van der Waals surface area contributed by atoms with E-state index in [1.165, 1.54) is 17.5 Å². The Morgan fingerprint density at radius 1 is 1.15 bits per heavy atom. The Hall–Kier alpha value is -2.84. The zero-order valence-electron chi connectivity index (χ0n) is 19.2. The summed E-state index contributed by atoms with van der Waals surface area (Å²) in [5.74, 6) is 0.709. The van der Waals surface area contributed by atoms with Gasteiger partial charge in [-0.1, -0.05) is 24.3 Å². The number of rotatable bonds is 8. The molecule has 1 atom stereocenters. The molecule has 1 aromatic heterocycles. The second kappa shape index (κ2) is 10.9. The third-order valence-corrected chi connectivity index (χ3v) is 6.73. The Kier molecular flexibility index (Phi) is 7.67. The number of fused-ring (bicyclic) bond motifs is 1. The first kappa shape index (κ1) is 23.3. The Labute approximate surface area is 194 Å². The van der Waals surface area contributed by atoms with Crippen LogP contribution < -0.4 is 10.6 Å². The number of carbonyl (C=O) groups excluding carboxylic acids is 2. The third-order valence-electron chi connectivity index (χ3n) is 6.73. The van der Waals surface area contributed by atoms with E-state index in [2.05, 4.69) is 43.7 Å². The van der Waals surface area contributed by atoms with Gasteiger partial charge < -0.3 is 15.7 Å². The Morgan fingerprint density at radius 2 is 1.91 bits per heavy atom. The molecule has 1 amide bonds. The highest BCUT2D eigenvalue weighted by atomic mass is 16.3. The summed E-state index contributed by atoms with van der Waals surface area (Å²) < 4.78 is 0. The van der Waals surface area contributed by atoms with Crippen molar-refractivity contribution < 1.29 is 14.7 Å². The SMILES string of the molecule is CC(=O)C1CCC(Nc2cc(C(=O)NCC(O)CN3CCc4ccccc4C3)ncn2)CC1. The molecule has 0 bridgehead atoms. The van der Waals surface area contributed by atoms with E-state index >= 15 is 0 Å². The molecule has 2 aromatic rings. The van der Waals surface area contributed by atoms with Crippen LogP contribution in [-0.4, -0.2) is 63.4 Å². The van der Waals surface area contributed by atoms with Gasteiger partial charge in [0.05, 0.1) is 6.10 Å². The molecular weight excluding hydrogens is 418 g/mol. The molecule has 1 saturated carbocycles. The summed E-state index contributed by atoms with van der Waals surface area (Å²) in [6.07, 6.45) is 5.27. The molecule has 0 spiro atoms. The quantitative estimate of drug-likeness (QED) is 0.565. The number of hydrogen-bond donors (Lipinski definition) is 3. The highest BCUT2D eigenvalue weighted by Gasteiger charge is 2.24. The number of amides is 1. The lowest BCUT2D eigenvalue weighted by molar-refractivity contribution is -0.121. The second-order valence-corrected chi connectivity index (χ2v) is 9.21. The number of nitrogens with zero attached hydrogens (tertiary/aromatic N) is 3. The number of aliphatic hydroxyl groups excluding tert-OH is 1. The van der Waals surface area contributed by atoms with Crippen molar-refractivity contribution in [1.29, 1.82) is 0 Å². The normalized spacial score (nSPS) is 21.6. The molecule has 1 unspecified atom stereocenters. The van der Waals surface area contributed by atoms with Crippen LogP contribution in [0.4, 0.5) is 5.82 Å². The summed E-state index contributed by atoms with van der Waals surface area (Å²) in [5.41, 5.74) is 2.94. The standard InChI is InChI=1S/C25H33N5O3/c1-17(31)18-6-8-21(9-7-18)29-24-12-23(27-16-28-24)25(33)26-13-22(32)15-30-11-10-19-4-2-3-5-20(19)14-30/h2-5,12,16,18,21-22,32H,6-11,13-15H2,1H3,(H,26,33)(H,27,28,29). The maximum Gasteiger partial charge on any atom is 0.270 e. The highest BCUT2D eigenvalue weighted by molar-refractivity contribution is 5.92. The summed E-state index contributed by atoms with van der Waals surface area (Å²) >= 11 is 0. The van der Waals surface area contributed by atoms with Crippen LogP contribution in [-0.2, 0) is 17.8 Å². The van der Waals surface area contributed by atoms with Gasteiger partial charge in [0.25, 0.3) is 5.91 Å². The van der Waals surface area contributed by atoms with E-state index in [9.17, 15) is 14.7 Å². The van der Waals surface area contributed by atoms with E-state index < -0.39 is 6.10 Å². The van der Waals surface area contributed by atoms with Gasteiger partial charge in [-0.3, -0.25) is 14.5 Å². The van der Waals surface area contributed by atoms with Crippen LogP contribution in [0.25, 0.3) is 0 Å². The number of nitrogens with one attached hydrogen (secondary N) is 2. The molecule has 33 heavy (non-hydrogen) atoms. The van der Waals surface area contributed by atoms with Gasteiger partial charge in [0.1, 0.15) is 23.6 Å². The first-order chi connectivity index (χ1) is 16.0. The van der Waals surface area contributed by atoms with E-state index in [0.717, 1.165) is 45.2 Å². The number of benzene rings is 1. The van der Waals surface area contributed by atoms with Crippen molar-refractivity contribution >= 4 is 17.5 Å². The number of β-amino-alcohol motifs (C(OH)–C–C–N with tert-alkyl or cyclic N) is 1. The van der Waals surface area contributed by atoms with Gasteiger partial charge in [-0.2, -0.15) is 0 Å². The highest BCUT2D eigenvalue weighted by Crippen LogP contribution is 2.26. The number of Topliss-reactive ketones (excluding diaryl/α,β-unsaturated/α-hetero) is 1.